The number of piperazine rings is 1. The third kappa shape index (κ3) is 5.10. The molecule has 2 atom stereocenters. The number of nitrogens with one attached hydrogen (secondary N) is 1. The van der Waals surface area contributed by atoms with E-state index in [0.717, 1.165) is 17.8 Å². The molecule has 8 heteroatoms. The Morgan fingerprint density at radius 2 is 2.00 bits per heavy atom. The molecule has 0 radical (unpaired) electrons. The van der Waals surface area contributed by atoms with Crippen molar-refractivity contribution < 1.29 is 19.1 Å². The molecule has 0 bridgehead atoms. The predicted octanol–water partition coefficient (Wildman–Crippen LogP) is 3.09. The van der Waals surface area contributed by atoms with Crippen molar-refractivity contribution in [3.63, 3.8) is 0 Å². The Hall–Kier alpha value is -2.51. The van der Waals surface area contributed by atoms with Gasteiger partial charge in [-0.2, -0.15) is 0 Å². The lowest BCUT2D eigenvalue weighted by Crippen LogP contribution is -2.58. The number of carbonyl (C=O) groups is 2. The molecule has 0 saturated carbocycles. The average molecular weight is 405 g/mol. The monoisotopic (exact) mass is 404 g/mol. The van der Waals surface area contributed by atoms with Crippen molar-refractivity contribution in [2.45, 2.75) is 78.3 Å². The van der Waals surface area contributed by atoms with Crippen LogP contribution in [0.4, 0.5) is 15.4 Å². The van der Waals surface area contributed by atoms with Crippen LogP contribution in [0.2, 0.25) is 0 Å². The molecule has 0 aromatic carbocycles. The summed E-state index contributed by atoms with van der Waals surface area (Å²) in [6.45, 7) is 12.8. The zero-order chi connectivity index (χ0) is 21.3. The summed E-state index contributed by atoms with van der Waals surface area (Å²) in [4.78, 5) is 33.1. The van der Waals surface area contributed by atoms with Gasteiger partial charge >= 0.3 is 12.2 Å². The summed E-state index contributed by atoms with van der Waals surface area (Å²) in [7, 11) is 0. The van der Waals surface area contributed by atoms with Crippen LogP contribution in [-0.2, 0) is 22.5 Å². The van der Waals surface area contributed by atoms with Crippen molar-refractivity contribution in [3.05, 3.63) is 23.4 Å². The molecular weight excluding hydrogens is 372 g/mol. The first kappa shape index (κ1) is 21.2. The second-order valence-electron chi connectivity index (χ2n) is 9.16. The molecule has 3 heterocycles. The molecule has 0 spiro atoms. The summed E-state index contributed by atoms with van der Waals surface area (Å²) in [5.74, 6) is 0.928. The number of alkyl carbamates (subject to hydrolysis) is 1. The molecule has 8 nitrogen and oxygen atoms in total. The maximum Gasteiger partial charge on any atom is 0.410 e. The standard InChI is InChI=1S/C21H32N4O4/c1-13(2)22-19(26)28-12-16-8-7-15-9-17-11-24(20(27)29-21(4,5)6)10-14(3)25(17)18(15)23-16/h7-8,13-14,17H,9-12H2,1-6H3,(H,22,26). The number of fused-ring (bicyclic) bond motifs is 3. The van der Waals surface area contributed by atoms with Crippen LogP contribution in [-0.4, -0.2) is 58.9 Å². The maximum atomic E-state index is 12.5. The molecule has 1 N–H and O–H groups in total. The Bertz CT molecular complexity index is 774. The Balaban J connectivity index is 1.67. The third-order valence-electron chi connectivity index (χ3n) is 4.91. The topological polar surface area (TPSA) is 84.0 Å². The van der Waals surface area contributed by atoms with E-state index in [9.17, 15) is 9.59 Å². The lowest BCUT2D eigenvalue weighted by Gasteiger charge is -2.43. The summed E-state index contributed by atoms with van der Waals surface area (Å²) >= 11 is 0. The van der Waals surface area contributed by atoms with E-state index in [1.807, 2.05) is 46.8 Å². The van der Waals surface area contributed by atoms with Crippen molar-refractivity contribution in [1.82, 2.24) is 15.2 Å². The summed E-state index contributed by atoms with van der Waals surface area (Å²) in [5.41, 5.74) is 1.36. The van der Waals surface area contributed by atoms with Gasteiger partial charge in [0, 0.05) is 25.2 Å². The minimum Gasteiger partial charge on any atom is -0.444 e. The molecule has 1 fully saturated rings. The number of pyridine rings is 1. The zero-order valence-corrected chi connectivity index (χ0v) is 18.2. The van der Waals surface area contributed by atoms with Crippen molar-refractivity contribution in [1.29, 1.82) is 0 Å². The fourth-order valence-corrected chi connectivity index (χ4v) is 3.85. The molecule has 2 aliphatic rings. The fraction of sp³-hybridized carbons (Fsp3) is 0.667. The van der Waals surface area contributed by atoms with Crippen LogP contribution in [0, 0.1) is 0 Å². The Kier molecular flexibility index (Phi) is 5.91. The molecule has 2 aliphatic heterocycles. The normalized spacial score (nSPS) is 20.9. The Morgan fingerprint density at radius 3 is 2.66 bits per heavy atom. The molecule has 0 aliphatic carbocycles. The highest BCUT2D eigenvalue weighted by molar-refractivity contribution is 5.70. The highest BCUT2D eigenvalue weighted by Gasteiger charge is 2.41. The van der Waals surface area contributed by atoms with Crippen LogP contribution < -0.4 is 10.2 Å². The number of rotatable bonds is 3. The first-order valence-corrected chi connectivity index (χ1v) is 10.2. The van der Waals surface area contributed by atoms with Crippen LogP contribution >= 0.6 is 0 Å². The highest BCUT2D eigenvalue weighted by Crippen LogP contribution is 2.35. The smallest absolute Gasteiger partial charge is 0.410 e. The summed E-state index contributed by atoms with van der Waals surface area (Å²) < 4.78 is 10.8. The van der Waals surface area contributed by atoms with Crippen LogP contribution in [0.1, 0.15) is 52.8 Å². The summed E-state index contributed by atoms with van der Waals surface area (Å²) in [5, 5.41) is 2.70. The fourth-order valence-electron chi connectivity index (χ4n) is 3.85. The van der Waals surface area contributed by atoms with Crippen molar-refractivity contribution >= 4 is 18.0 Å². The van der Waals surface area contributed by atoms with Gasteiger partial charge in [-0.1, -0.05) is 6.07 Å². The number of hydrogen-bond acceptors (Lipinski definition) is 6. The van der Waals surface area contributed by atoms with E-state index in [4.69, 9.17) is 14.5 Å². The van der Waals surface area contributed by atoms with Crippen LogP contribution in [0.3, 0.4) is 0 Å². The number of ether oxygens (including phenoxy) is 2. The van der Waals surface area contributed by atoms with Gasteiger partial charge in [-0.05, 0) is 59.6 Å². The van der Waals surface area contributed by atoms with Gasteiger partial charge in [-0.25, -0.2) is 14.6 Å². The zero-order valence-electron chi connectivity index (χ0n) is 18.2. The second kappa shape index (κ2) is 8.08. The van der Waals surface area contributed by atoms with Gasteiger partial charge in [0.1, 0.15) is 18.0 Å². The van der Waals surface area contributed by atoms with E-state index >= 15 is 0 Å². The van der Waals surface area contributed by atoms with Gasteiger partial charge in [0.2, 0.25) is 0 Å². The molecule has 29 heavy (non-hydrogen) atoms. The lowest BCUT2D eigenvalue weighted by molar-refractivity contribution is 0.0191. The first-order valence-electron chi connectivity index (χ1n) is 10.2. The molecule has 2 unspecified atom stereocenters. The van der Waals surface area contributed by atoms with Gasteiger partial charge in [-0.15, -0.1) is 0 Å². The molecule has 1 saturated heterocycles. The summed E-state index contributed by atoms with van der Waals surface area (Å²) in [6, 6.07) is 4.27. The minimum atomic E-state index is -0.506. The van der Waals surface area contributed by atoms with E-state index in [0.29, 0.717) is 18.8 Å². The quantitative estimate of drug-likeness (QED) is 0.833. The van der Waals surface area contributed by atoms with Gasteiger partial charge in [0.25, 0.3) is 0 Å². The van der Waals surface area contributed by atoms with Crippen molar-refractivity contribution in [3.8, 4) is 0 Å². The number of amides is 2. The minimum absolute atomic E-state index is 0.0263. The maximum absolute atomic E-state index is 12.5. The largest absolute Gasteiger partial charge is 0.444 e. The second-order valence-corrected chi connectivity index (χ2v) is 9.16. The number of nitrogens with zero attached hydrogens (tertiary/aromatic N) is 3. The molecule has 1 aromatic rings. The number of aromatic nitrogens is 1. The summed E-state index contributed by atoms with van der Waals surface area (Å²) in [6.07, 6.45) is 0.124. The molecular formula is C21H32N4O4. The molecule has 2 amide bonds. The van der Waals surface area contributed by atoms with Crippen LogP contribution in [0.25, 0.3) is 0 Å². The van der Waals surface area contributed by atoms with E-state index in [-0.39, 0.29) is 30.8 Å². The highest BCUT2D eigenvalue weighted by atomic mass is 16.6. The van der Waals surface area contributed by atoms with Crippen LogP contribution in [0.15, 0.2) is 12.1 Å². The van der Waals surface area contributed by atoms with E-state index in [1.165, 1.54) is 0 Å². The van der Waals surface area contributed by atoms with Gasteiger partial charge in [0.15, 0.2) is 0 Å². The average Bonchev–Trinajstić information content (AvgIpc) is 2.96. The number of carbonyl (C=O) groups excluding carboxylic acids is 2. The number of hydrogen-bond donors (Lipinski definition) is 1. The van der Waals surface area contributed by atoms with Crippen molar-refractivity contribution in [2.75, 3.05) is 18.0 Å². The SMILES string of the molecule is CC(C)NC(=O)OCc1ccc2c(n1)N1C(C)CN(C(=O)OC(C)(C)C)CC1C2. The predicted molar refractivity (Wildman–Crippen MR) is 110 cm³/mol. The van der Waals surface area contributed by atoms with E-state index in [1.54, 1.807) is 4.90 Å². The lowest BCUT2D eigenvalue weighted by atomic mass is 10.1. The number of anilines is 1. The van der Waals surface area contributed by atoms with Gasteiger partial charge < -0.3 is 24.6 Å². The Labute approximate surface area is 172 Å². The Morgan fingerprint density at radius 1 is 1.28 bits per heavy atom. The third-order valence-corrected chi connectivity index (χ3v) is 4.91. The molecule has 1 aromatic heterocycles. The molecule has 3 rings (SSSR count). The van der Waals surface area contributed by atoms with E-state index in [2.05, 4.69) is 17.1 Å². The van der Waals surface area contributed by atoms with Gasteiger partial charge in [0.05, 0.1) is 11.7 Å². The van der Waals surface area contributed by atoms with Crippen molar-refractivity contribution in [2.24, 2.45) is 0 Å². The van der Waals surface area contributed by atoms with Gasteiger partial charge in [-0.3, -0.25) is 0 Å². The van der Waals surface area contributed by atoms with E-state index < -0.39 is 11.7 Å². The first-order chi connectivity index (χ1) is 13.5. The van der Waals surface area contributed by atoms with Crippen LogP contribution in [0.5, 0.6) is 0 Å². The molecule has 160 valence electrons.